The van der Waals surface area contributed by atoms with Crippen LogP contribution in [0.15, 0.2) is 67.0 Å². The third-order valence-corrected chi connectivity index (χ3v) is 4.85. The quantitative estimate of drug-likeness (QED) is 0.704. The predicted octanol–water partition coefficient (Wildman–Crippen LogP) is 3.92. The fourth-order valence-electron chi connectivity index (χ4n) is 3.57. The molecule has 132 valence electrons. The van der Waals surface area contributed by atoms with E-state index in [1.165, 1.54) is 0 Å². The molecule has 5 nitrogen and oxygen atoms in total. The average molecular weight is 346 g/mol. The molecule has 1 aromatic carbocycles. The van der Waals surface area contributed by atoms with Gasteiger partial charge in [0.15, 0.2) is 5.69 Å². The molecule has 1 saturated carbocycles. The van der Waals surface area contributed by atoms with E-state index in [1.54, 1.807) is 12.3 Å². The molecule has 0 N–H and O–H groups in total. The van der Waals surface area contributed by atoms with E-state index in [2.05, 4.69) is 22.2 Å². The SMILES string of the molecule is O=C(c1ccn(Cc2ccccc2)n1)N(c1ccccn1)C1CCCC1. The van der Waals surface area contributed by atoms with Gasteiger partial charge in [-0.1, -0.05) is 49.2 Å². The van der Waals surface area contributed by atoms with E-state index >= 15 is 0 Å². The van der Waals surface area contributed by atoms with Crippen molar-refractivity contribution in [2.45, 2.75) is 38.3 Å². The zero-order chi connectivity index (χ0) is 17.8. The fraction of sp³-hybridized carbons (Fsp3) is 0.286. The third kappa shape index (κ3) is 3.52. The van der Waals surface area contributed by atoms with Crippen molar-refractivity contribution in [1.82, 2.24) is 14.8 Å². The molecular formula is C21H22N4O. The molecule has 1 aliphatic carbocycles. The van der Waals surface area contributed by atoms with Gasteiger partial charge >= 0.3 is 0 Å². The van der Waals surface area contributed by atoms with Gasteiger partial charge in [-0.25, -0.2) is 4.98 Å². The highest BCUT2D eigenvalue weighted by Crippen LogP contribution is 2.28. The second-order valence-corrected chi connectivity index (χ2v) is 6.69. The minimum Gasteiger partial charge on any atom is -0.288 e. The number of aromatic nitrogens is 3. The van der Waals surface area contributed by atoms with Crippen molar-refractivity contribution < 1.29 is 4.79 Å². The maximum Gasteiger partial charge on any atom is 0.280 e. The summed E-state index contributed by atoms with van der Waals surface area (Å²) in [5.74, 6) is 0.643. The van der Waals surface area contributed by atoms with Crippen LogP contribution in [0.4, 0.5) is 5.82 Å². The zero-order valence-corrected chi connectivity index (χ0v) is 14.7. The molecule has 2 aromatic heterocycles. The van der Waals surface area contributed by atoms with Crippen molar-refractivity contribution in [3.8, 4) is 0 Å². The lowest BCUT2D eigenvalue weighted by molar-refractivity contribution is 0.0970. The first-order valence-electron chi connectivity index (χ1n) is 9.13. The first-order chi connectivity index (χ1) is 12.8. The summed E-state index contributed by atoms with van der Waals surface area (Å²) in [6.07, 6.45) is 7.96. The fourth-order valence-corrected chi connectivity index (χ4v) is 3.57. The summed E-state index contributed by atoms with van der Waals surface area (Å²) in [5, 5.41) is 4.52. The summed E-state index contributed by atoms with van der Waals surface area (Å²) in [7, 11) is 0. The summed E-state index contributed by atoms with van der Waals surface area (Å²) in [6.45, 7) is 0.654. The number of carbonyl (C=O) groups excluding carboxylic acids is 1. The lowest BCUT2D eigenvalue weighted by Crippen LogP contribution is -2.39. The maximum absolute atomic E-state index is 13.2. The first kappa shape index (κ1) is 16.5. The molecule has 1 amide bonds. The molecule has 0 aliphatic heterocycles. The Labute approximate surface area is 153 Å². The summed E-state index contributed by atoms with van der Waals surface area (Å²) < 4.78 is 1.81. The van der Waals surface area contributed by atoms with Gasteiger partial charge in [0.05, 0.1) is 6.54 Å². The second-order valence-electron chi connectivity index (χ2n) is 6.69. The predicted molar refractivity (Wildman–Crippen MR) is 101 cm³/mol. The molecule has 1 aliphatic rings. The number of benzene rings is 1. The van der Waals surface area contributed by atoms with Crippen molar-refractivity contribution in [3.05, 3.63) is 78.2 Å². The molecule has 26 heavy (non-hydrogen) atoms. The van der Waals surface area contributed by atoms with Gasteiger partial charge in [-0.3, -0.25) is 14.4 Å². The van der Waals surface area contributed by atoms with E-state index in [9.17, 15) is 4.79 Å². The number of nitrogens with zero attached hydrogens (tertiary/aromatic N) is 4. The molecule has 0 atom stereocenters. The van der Waals surface area contributed by atoms with Crippen LogP contribution >= 0.6 is 0 Å². The Morgan fingerprint density at radius 3 is 2.54 bits per heavy atom. The summed E-state index contributed by atoms with van der Waals surface area (Å²) >= 11 is 0. The number of amides is 1. The van der Waals surface area contributed by atoms with Gasteiger partial charge < -0.3 is 0 Å². The van der Waals surface area contributed by atoms with Crippen LogP contribution in [0.3, 0.4) is 0 Å². The van der Waals surface area contributed by atoms with Crippen LogP contribution in [0.25, 0.3) is 0 Å². The third-order valence-electron chi connectivity index (χ3n) is 4.85. The second kappa shape index (κ2) is 7.52. The molecule has 1 fully saturated rings. The highest BCUT2D eigenvalue weighted by molar-refractivity contribution is 6.04. The van der Waals surface area contributed by atoms with E-state index in [-0.39, 0.29) is 11.9 Å². The number of rotatable bonds is 5. The largest absolute Gasteiger partial charge is 0.288 e. The van der Waals surface area contributed by atoms with Crippen molar-refractivity contribution in [2.24, 2.45) is 0 Å². The van der Waals surface area contributed by atoms with Crippen LogP contribution < -0.4 is 4.90 Å². The number of hydrogen-bond donors (Lipinski definition) is 0. The smallest absolute Gasteiger partial charge is 0.280 e. The van der Waals surface area contributed by atoms with Crippen molar-refractivity contribution in [3.63, 3.8) is 0 Å². The molecule has 4 rings (SSSR count). The summed E-state index contributed by atoms with van der Waals surface area (Å²) in [5.41, 5.74) is 1.63. The first-order valence-corrected chi connectivity index (χ1v) is 9.13. The Hall–Kier alpha value is -2.95. The monoisotopic (exact) mass is 346 g/mol. The summed E-state index contributed by atoms with van der Waals surface area (Å²) in [6, 6.07) is 17.8. The maximum atomic E-state index is 13.2. The van der Waals surface area contributed by atoms with Gasteiger partial charge in [-0.15, -0.1) is 0 Å². The Balaban J connectivity index is 1.58. The normalized spacial score (nSPS) is 14.5. The van der Waals surface area contributed by atoms with Crippen molar-refractivity contribution >= 4 is 11.7 Å². The van der Waals surface area contributed by atoms with Gasteiger partial charge in [-0.05, 0) is 36.6 Å². The molecule has 0 saturated heterocycles. The Morgan fingerprint density at radius 1 is 1.04 bits per heavy atom. The number of hydrogen-bond acceptors (Lipinski definition) is 3. The molecule has 2 heterocycles. The minimum absolute atomic E-state index is 0.0672. The standard InChI is InChI=1S/C21H22N4O/c26-21(19-13-15-24(23-19)16-17-8-2-1-3-9-17)25(18-10-4-5-11-18)20-12-6-7-14-22-20/h1-3,6-9,12-15,18H,4-5,10-11,16H2. The number of pyridine rings is 1. The average Bonchev–Trinajstić information content (AvgIpc) is 3.36. The Morgan fingerprint density at radius 2 is 1.81 bits per heavy atom. The van der Waals surface area contributed by atoms with Gasteiger partial charge in [-0.2, -0.15) is 5.10 Å². The lowest BCUT2D eigenvalue weighted by Gasteiger charge is -2.27. The van der Waals surface area contributed by atoms with Gasteiger partial charge in [0.1, 0.15) is 5.82 Å². The van der Waals surface area contributed by atoms with E-state index in [1.807, 2.05) is 52.2 Å². The summed E-state index contributed by atoms with van der Waals surface area (Å²) in [4.78, 5) is 19.5. The van der Waals surface area contributed by atoms with E-state index in [0.29, 0.717) is 18.1 Å². The highest BCUT2D eigenvalue weighted by Gasteiger charge is 2.30. The van der Waals surface area contributed by atoms with Crippen LogP contribution in [-0.2, 0) is 6.54 Å². The van der Waals surface area contributed by atoms with Gasteiger partial charge in [0, 0.05) is 18.4 Å². The Bertz CT molecular complexity index is 854. The van der Waals surface area contributed by atoms with Crippen molar-refractivity contribution in [2.75, 3.05) is 4.90 Å². The van der Waals surface area contributed by atoms with Crippen LogP contribution in [0.2, 0.25) is 0 Å². The molecule has 0 unspecified atom stereocenters. The van der Waals surface area contributed by atoms with Crippen LogP contribution in [-0.4, -0.2) is 26.7 Å². The van der Waals surface area contributed by atoms with Crippen molar-refractivity contribution in [1.29, 1.82) is 0 Å². The van der Waals surface area contributed by atoms with Gasteiger partial charge in [0.25, 0.3) is 5.91 Å². The lowest BCUT2D eigenvalue weighted by atomic mass is 10.2. The number of carbonyl (C=O) groups is 1. The van der Waals surface area contributed by atoms with E-state index in [0.717, 1.165) is 31.2 Å². The molecule has 0 bridgehead atoms. The van der Waals surface area contributed by atoms with Crippen LogP contribution in [0.1, 0.15) is 41.7 Å². The highest BCUT2D eigenvalue weighted by atomic mass is 16.2. The van der Waals surface area contributed by atoms with Gasteiger partial charge in [0.2, 0.25) is 0 Å². The number of anilines is 1. The van der Waals surface area contributed by atoms with E-state index < -0.39 is 0 Å². The minimum atomic E-state index is -0.0672. The molecule has 0 radical (unpaired) electrons. The zero-order valence-electron chi connectivity index (χ0n) is 14.7. The topological polar surface area (TPSA) is 51.0 Å². The Kier molecular flexibility index (Phi) is 4.78. The molecular weight excluding hydrogens is 324 g/mol. The molecule has 0 spiro atoms. The van der Waals surface area contributed by atoms with Crippen LogP contribution in [0, 0.1) is 0 Å². The van der Waals surface area contributed by atoms with Crippen LogP contribution in [0.5, 0.6) is 0 Å². The molecule has 3 aromatic rings. The molecule has 5 heteroatoms. The van der Waals surface area contributed by atoms with E-state index in [4.69, 9.17) is 0 Å².